The van der Waals surface area contributed by atoms with Gasteiger partial charge in [0.25, 0.3) is 0 Å². The third kappa shape index (κ3) is 2.27. The number of aromatic nitrogens is 3. The molecule has 5 nitrogen and oxygen atoms in total. The van der Waals surface area contributed by atoms with Gasteiger partial charge in [-0.25, -0.2) is 4.79 Å². The van der Waals surface area contributed by atoms with Gasteiger partial charge in [-0.1, -0.05) is 20.8 Å². The van der Waals surface area contributed by atoms with E-state index in [1.54, 1.807) is 0 Å². The molecular weight excluding hydrogens is 170 g/mol. The zero-order chi connectivity index (χ0) is 10.1. The molecule has 0 amide bonds. The summed E-state index contributed by atoms with van der Waals surface area (Å²) in [6.07, 6.45) is 0. The molecule has 5 heteroatoms. The standard InChI is InChI=1S/C8H13N3O2/c1-8(2,3)5-9-6(12)11-7(10-5)13-4/h1-4H3,(H,9,10,11,12). The van der Waals surface area contributed by atoms with Crippen LogP contribution in [0.2, 0.25) is 0 Å². The van der Waals surface area contributed by atoms with Crippen molar-refractivity contribution in [1.82, 2.24) is 15.0 Å². The molecule has 0 atom stereocenters. The van der Waals surface area contributed by atoms with Crippen LogP contribution >= 0.6 is 0 Å². The van der Waals surface area contributed by atoms with E-state index in [0.29, 0.717) is 5.82 Å². The van der Waals surface area contributed by atoms with Crippen molar-refractivity contribution >= 4 is 0 Å². The van der Waals surface area contributed by atoms with Crippen molar-refractivity contribution in [2.75, 3.05) is 7.11 Å². The summed E-state index contributed by atoms with van der Waals surface area (Å²) in [5.41, 5.74) is -0.646. The Labute approximate surface area is 76.2 Å². The molecule has 1 aromatic rings. The average molecular weight is 183 g/mol. The molecule has 1 heterocycles. The maximum Gasteiger partial charge on any atom is 0.350 e. The maximum absolute atomic E-state index is 11.0. The Balaban J connectivity index is 3.24. The zero-order valence-corrected chi connectivity index (χ0v) is 8.21. The molecule has 1 N–H and O–H groups in total. The minimum atomic E-state index is -0.434. The Kier molecular flexibility index (Phi) is 2.36. The Morgan fingerprint density at radius 2 is 1.92 bits per heavy atom. The molecule has 1 rings (SSSR count). The first kappa shape index (κ1) is 9.70. The second-order valence-corrected chi connectivity index (χ2v) is 3.74. The van der Waals surface area contributed by atoms with Gasteiger partial charge in [-0.3, -0.25) is 4.98 Å². The lowest BCUT2D eigenvalue weighted by atomic mass is 9.96. The third-order valence-corrected chi connectivity index (χ3v) is 1.52. The van der Waals surface area contributed by atoms with E-state index in [1.807, 2.05) is 20.8 Å². The second-order valence-electron chi connectivity index (χ2n) is 3.74. The van der Waals surface area contributed by atoms with Crippen LogP contribution in [-0.4, -0.2) is 22.1 Å². The monoisotopic (exact) mass is 183 g/mol. The maximum atomic E-state index is 11.0. The summed E-state index contributed by atoms with van der Waals surface area (Å²) in [6, 6.07) is 0.105. The van der Waals surface area contributed by atoms with Crippen LogP contribution in [0.3, 0.4) is 0 Å². The molecule has 0 fully saturated rings. The molecule has 0 spiro atoms. The van der Waals surface area contributed by atoms with Crippen molar-refractivity contribution in [3.05, 3.63) is 16.3 Å². The van der Waals surface area contributed by atoms with E-state index in [1.165, 1.54) is 7.11 Å². The quantitative estimate of drug-likeness (QED) is 0.687. The van der Waals surface area contributed by atoms with Gasteiger partial charge in [0.1, 0.15) is 5.82 Å². The summed E-state index contributed by atoms with van der Waals surface area (Å²) in [7, 11) is 1.43. The SMILES string of the molecule is COc1nc(C(C)(C)C)[nH]c(=O)n1. The Morgan fingerprint density at radius 1 is 1.31 bits per heavy atom. The number of H-pyrrole nitrogens is 1. The van der Waals surface area contributed by atoms with Gasteiger partial charge in [0.05, 0.1) is 7.11 Å². The number of nitrogens with zero attached hydrogens (tertiary/aromatic N) is 2. The predicted octanol–water partition coefficient (Wildman–Crippen LogP) is 0.471. The van der Waals surface area contributed by atoms with E-state index in [-0.39, 0.29) is 11.4 Å². The van der Waals surface area contributed by atoms with Crippen LogP contribution in [0.4, 0.5) is 0 Å². The topological polar surface area (TPSA) is 67.9 Å². The first-order valence-electron chi connectivity index (χ1n) is 3.96. The highest BCUT2D eigenvalue weighted by Gasteiger charge is 2.18. The van der Waals surface area contributed by atoms with Crippen molar-refractivity contribution in [2.24, 2.45) is 0 Å². The van der Waals surface area contributed by atoms with Crippen LogP contribution in [-0.2, 0) is 5.41 Å². The van der Waals surface area contributed by atoms with Gasteiger partial charge in [-0.15, -0.1) is 4.98 Å². The van der Waals surface area contributed by atoms with Crippen molar-refractivity contribution in [1.29, 1.82) is 0 Å². The number of rotatable bonds is 1. The summed E-state index contributed by atoms with van der Waals surface area (Å²) >= 11 is 0. The first-order valence-corrected chi connectivity index (χ1v) is 3.96. The molecule has 0 aliphatic carbocycles. The normalized spacial score (nSPS) is 11.4. The van der Waals surface area contributed by atoms with Crippen LogP contribution in [0.5, 0.6) is 6.01 Å². The minimum absolute atomic E-state index is 0.105. The largest absolute Gasteiger partial charge is 0.467 e. The van der Waals surface area contributed by atoms with E-state index < -0.39 is 5.69 Å². The van der Waals surface area contributed by atoms with Crippen LogP contribution in [0.25, 0.3) is 0 Å². The Hall–Kier alpha value is -1.39. The Bertz CT molecular complexity index is 351. The summed E-state index contributed by atoms with van der Waals surface area (Å²) in [6.45, 7) is 5.85. The minimum Gasteiger partial charge on any atom is -0.467 e. The van der Waals surface area contributed by atoms with Gasteiger partial charge >= 0.3 is 11.7 Å². The lowest BCUT2D eigenvalue weighted by molar-refractivity contribution is 0.367. The molecule has 72 valence electrons. The molecule has 0 aromatic carbocycles. The lowest BCUT2D eigenvalue weighted by Crippen LogP contribution is -2.24. The first-order chi connectivity index (χ1) is 5.93. The summed E-state index contributed by atoms with van der Waals surface area (Å²) < 4.78 is 4.79. The van der Waals surface area contributed by atoms with E-state index in [0.717, 1.165) is 0 Å². The number of aromatic amines is 1. The Morgan fingerprint density at radius 3 is 2.38 bits per heavy atom. The lowest BCUT2D eigenvalue weighted by Gasteiger charge is -2.16. The molecule has 0 aliphatic heterocycles. The average Bonchev–Trinajstić information content (AvgIpc) is 2.01. The van der Waals surface area contributed by atoms with Crippen LogP contribution in [0, 0.1) is 0 Å². The van der Waals surface area contributed by atoms with Gasteiger partial charge in [-0.2, -0.15) is 4.98 Å². The molecular formula is C8H13N3O2. The van der Waals surface area contributed by atoms with Crippen molar-refractivity contribution in [2.45, 2.75) is 26.2 Å². The van der Waals surface area contributed by atoms with Crippen molar-refractivity contribution in [3.8, 4) is 6.01 Å². The smallest absolute Gasteiger partial charge is 0.350 e. The molecule has 0 radical (unpaired) electrons. The molecule has 0 bridgehead atoms. The van der Waals surface area contributed by atoms with Crippen LogP contribution < -0.4 is 10.4 Å². The molecule has 0 aliphatic rings. The summed E-state index contributed by atoms with van der Waals surface area (Å²) in [4.78, 5) is 21.2. The molecule has 13 heavy (non-hydrogen) atoms. The molecule has 0 saturated heterocycles. The second kappa shape index (κ2) is 3.16. The number of nitrogens with one attached hydrogen (secondary N) is 1. The van der Waals surface area contributed by atoms with E-state index in [4.69, 9.17) is 4.74 Å². The summed E-state index contributed by atoms with van der Waals surface area (Å²) in [5, 5.41) is 0. The van der Waals surface area contributed by atoms with Crippen LogP contribution in [0.15, 0.2) is 4.79 Å². The highest BCUT2D eigenvalue weighted by atomic mass is 16.5. The van der Waals surface area contributed by atoms with Gasteiger partial charge in [0.15, 0.2) is 0 Å². The number of ether oxygens (including phenoxy) is 1. The molecule has 0 saturated carbocycles. The fourth-order valence-corrected chi connectivity index (χ4v) is 0.811. The van der Waals surface area contributed by atoms with Gasteiger partial charge in [0.2, 0.25) is 0 Å². The fourth-order valence-electron chi connectivity index (χ4n) is 0.811. The number of methoxy groups -OCH3 is 1. The van der Waals surface area contributed by atoms with Crippen LogP contribution in [0.1, 0.15) is 26.6 Å². The van der Waals surface area contributed by atoms with Crippen molar-refractivity contribution < 1.29 is 4.74 Å². The summed E-state index contributed by atoms with van der Waals surface area (Å²) in [5.74, 6) is 0.573. The zero-order valence-electron chi connectivity index (χ0n) is 8.21. The van der Waals surface area contributed by atoms with E-state index in [2.05, 4.69) is 15.0 Å². The van der Waals surface area contributed by atoms with E-state index in [9.17, 15) is 4.79 Å². The van der Waals surface area contributed by atoms with Gasteiger partial charge in [0, 0.05) is 5.41 Å². The molecule has 1 aromatic heterocycles. The number of hydrogen-bond donors (Lipinski definition) is 1. The van der Waals surface area contributed by atoms with Crippen molar-refractivity contribution in [3.63, 3.8) is 0 Å². The fraction of sp³-hybridized carbons (Fsp3) is 0.625. The number of hydrogen-bond acceptors (Lipinski definition) is 4. The predicted molar refractivity (Wildman–Crippen MR) is 47.9 cm³/mol. The highest BCUT2D eigenvalue weighted by Crippen LogP contribution is 2.17. The molecule has 0 unspecified atom stereocenters. The highest BCUT2D eigenvalue weighted by molar-refractivity contribution is 5.04. The van der Waals surface area contributed by atoms with E-state index >= 15 is 0 Å². The van der Waals surface area contributed by atoms with Gasteiger partial charge in [-0.05, 0) is 0 Å². The third-order valence-electron chi connectivity index (χ3n) is 1.52. The van der Waals surface area contributed by atoms with Gasteiger partial charge < -0.3 is 4.74 Å².